The van der Waals surface area contributed by atoms with Gasteiger partial charge < -0.3 is 19.3 Å². The summed E-state index contributed by atoms with van der Waals surface area (Å²) in [5.74, 6) is -1.36. The van der Waals surface area contributed by atoms with Gasteiger partial charge in [0, 0.05) is 22.8 Å². The van der Waals surface area contributed by atoms with Gasteiger partial charge in [-0.2, -0.15) is 0 Å². The zero-order chi connectivity index (χ0) is 29.1. The predicted molar refractivity (Wildman–Crippen MR) is 144 cm³/mol. The molecule has 36 heavy (non-hydrogen) atoms. The van der Waals surface area contributed by atoms with Crippen LogP contribution in [-0.2, 0) is 33.4 Å². The Morgan fingerprint density at radius 2 is 1.31 bits per heavy atom. The highest BCUT2D eigenvalue weighted by Crippen LogP contribution is 2.12. The van der Waals surface area contributed by atoms with E-state index in [2.05, 4.69) is 51.8 Å². The minimum atomic E-state index is -0.935. The molecule has 0 aromatic rings. The van der Waals surface area contributed by atoms with E-state index in [1.165, 1.54) is 33.0 Å². The standard InChI is InChI=1S/C11H20O2.C8H14O2.C5H8O2.C4H6O2/c1-4-7-8-10(5-2)9-13-11(12)6-3;1-4-5-6-10-8(9)7(2)3;1-4(2)5(6)7-3;1-3(2)4(5)6/h6,10H,3-5,7-9H2,1-2H3;2,4-6H2,1,3H3;1H2,2-3H3;1H2,2H3,(H,5,6). The van der Waals surface area contributed by atoms with Gasteiger partial charge in [0.05, 0.1) is 20.3 Å². The van der Waals surface area contributed by atoms with Crippen molar-refractivity contribution in [2.45, 2.75) is 80.1 Å². The van der Waals surface area contributed by atoms with Gasteiger partial charge in [-0.15, -0.1) is 0 Å². The van der Waals surface area contributed by atoms with E-state index in [1.807, 2.05) is 0 Å². The smallest absolute Gasteiger partial charge is 0.333 e. The number of esters is 3. The minimum absolute atomic E-state index is 0.176. The third kappa shape index (κ3) is 33.0. The number of rotatable bonds is 13. The van der Waals surface area contributed by atoms with Crippen LogP contribution in [0.3, 0.4) is 0 Å². The average molecular weight is 513 g/mol. The van der Waals surface area contributed by atoms with E-state index in [1.54, 1.807) is 13.8 Å². The Labute approximate surface area is 218 Å². The van der Waals surface area contributed by atoms with Crippen molar-refractivity contribution < 1.29 is 38.5 Å². The lowest BCUT2D eigenvalue weighted by Crippen LogP contribution is -2.12. The molecule has 0 radical (unpaired) electrons. The fourth-order valence-corrected chi connectivity index (χ4v) is 1.76. The van der Waals surface area contributed by atoms with Crippen LogP contribution in [0.2, 0.25) is 0 Å². The summed E-state index contributed by atoms with van der Waals surface area (Å²) < 4.78 is 14.1. The zero-order valence-electron chi connectivity index (χ0n) is 23.4. The summed E-state index contributed by atoms with van der Waals surface area (Å²) in [7, 11) is 1.33. The van der Waals surface area contributed by atoms with E-state index in [0.29, 0.717) is 30.3 Å². The molecule has 0 saturated carbocycles. The first-order valence-electron chi connectivity index (χ1n) is 12.0. The molecule has 0 fully saturated rings. The Kier molecular flexibility index (Phi) is 31.2. The molecule has 0 aliphatic carbocycles. The Hall–Kier alpha value is -3.16. The summed E-state index contributed by atoms with van der Waals surface area (Å²) in [5, 5.41) is 7.89. The van der Waals surface area contributed by atoms with E-state index in [4.69, 9.17) is 14.6 Å². The molecule has 0 spiro atoms. The molecule has 0 rings (SSSR count). The van der Waals surface area contributed by atoms with Gasteiger partial charge in [0.2, 0.25) is 0 Å². The molecule has 0 aliphatic heterocycles. The van der Waals surface area contributed by atoms with E-state index >= 15 is 0 Å². The van der Waals surface area contributed by atoms with Crippen molar-refractivity contribution in [2.75, 3.05) is 20.3 Å². The second-order valence-corrected chi connectivity index (χ2v) is 7.88. The summed E-state index contributed by atoms with van der Waals surface area (Å²) in [6.07, 6.45) is 7.83. The summed E-state index contributed by atoms with van der Waals surface area (Å²) in [6.45, 7) is 25.4. The number of unbranched alkanes of at least 4 members (excludes halogenated alkanes) is 2. The van der Waals surface area contributed by atoms with E-state index in [9.17, 15) is 19.2 Å². The number of carboxylic acids is 1. The molecule has 8 nitrogen and oxygen atoms in total. The monoisotopic (exact) mass is 512 g/mol. The van der Waals surface area contributed by atoms with Crippen LogP contribution in [0, 0.1) is 5.92 Å². The average Bonchev–Trinajstić information content (AvgIpc) is 2.84. The van der Waals surface area contributed by atoms with Gasteiger partial charge in [0.1, 0.15) is 0 Å². The fraction of sp³-hybridized carbons (Fsp3) is 0.571. The highest BCUT2D eigenvalue weighted by Gasteiger charge is 2.07. The molecular weight excluding hydrogens is 464 g/mol. The van der Waals surface area contributed by atoms with Crippen molar-refractivity contribution in [3.8, 4) is 0 Å². The maximum atomic E-state index is 10.8. The minimum Gasteiger partial charge on any atom is -0.478 e. The molecule has 208 valence electrons. The predicted octanol–water partition coefficient (Wildman–Crippen LogP) is 6.22. The maximum absolute atomic E-state index is 10.8. The zero-order valence-corrected chi connectivity index (χ0v) is 23.4. The normalized spacial score (nSPS) is 9.64. The van der Waals surface area contributed by atoms with Crippen LogP contribution in [0.1, 0.15) is 80.1 Å². The molecule has 0 aliphatic rings. The van der Waals surface area contributed by atoms with Crippen molar-refractivity contribution in [2.24, 2.45) is 5.92 Å². The first-order chi connectivity index (χ1) is 16.7. The summed E-state index contributed by atoms with van der Waals surface area (Å²) in [4.78, 5) is 41.3. The van der Waals surface area contributed by atoms with Crippen molar-refractivity contribution in [1.29, 1.82) is 0 Å². The molecule has 8 heteroatoms. The molecular formula is C28H48O8. The van der Waals surface area contributed by atoms with Crippen molar-refractivity contribution >= 4 is 23.9 Å². The topological polar surface area (TPSA) is 116 Å². The van der Waals surface area contributed by atoms with Gasteiger partial charge in [-0.05, 0) is 39.5 Å². The Bertz CT molecular complexity index is 680. The molecule has 0 aromatic heterocycles. The van der Waals surface area contributed by atoms with Gasteiger partial charge in [-0.3, -0.25) is 0 Å². The van der Waals surface area contributed by atoms with Crippen molar-refractivity contribution in [3.63, 3.8) is 0 Å². The lowest BCUT2D eigenvalue weighted by atomic mass is 10.0. The number of ether oxygens (including phenoxy) is 3. The van der Waals surface area contributed by atoms with Gasteiger partial charge in [0.15, 0.2) is 0 Å². The van der Waals surface area contributed by atoms with Gasteiger partial charge in [-0.1, -0.05) is 72.8 Å². The van der Waals surface area contributed by atoms with Gasteiger partial charge in [-0.25, -0.2) is 19.2 Å². The van der Waals surface area contributed by atoms with Crippen molar-refractivity contribution in [3.05, 3.63) is 49.1 Å². The molecule has 0 heterocycles. The molecule has 1 atom stereocenters. The third-order valence-corrected chi connectivity index (χ3v) is 4.15. The summed E-state index contributed by atoms with van der Waals surface area (Å²) in [6, 6.07) is 0. The number of hydrogen-bond acceptors (Lipinski definition) is 7. The van der Waals surface area contributed by atoms with E-state index < -0.39 is 5.97 Å². The van der Waals surface area contributed by atoms with Gasteiger partial charge in [0.25, 0.3) is 0 Å². The van der Waals surface area contributed by atoms with Crippen LogP contribution in [-0.4, -0.2) is 49.3 Å². The highest BCUT2D eigenvalue weighted by molar-refractivity contribution is 5.87. The van der Waals surface area contributed by atoms with E-state index in [0.717, 1.165) is 25.7 Å². The number of methoxy groups -OCH3 is 1. The number of aliphatic carboxylic acids is 1. The maximum Gasteiger partial charge on any atom is 0.333 e. The number of carboxylic acid groups (broad SMARTS) is 1. The van der Waals surface area contributed by atoms with Gasteiger partial charge >= 0.3 is 23.9 Å². The fourth-order valence-electron chi connectivity index (χ4n) is 1.76. The summed E-state index contributed by atoms with van der Waals surface area (Å²) in [5.41, 5.74) is 1.08. The third-order valence-electron chi connectivity index (χ3n) is 4.15. The quantitative estimate of drug-likeness (QED) is 0.134. The first kappa shape index (κ1) is 40.0. The van der Waals surface area contributed by atoms with E-state index in [-0.39, 0.29) is 23.5 Å². The highest BCUT2D eigenvalue weighted by atomic mass is 16.5. The Morgan fingerprint density at radius 1 is 0.833 bits per heavy atom. The van der Waals surface area contributed by atoms with Crippen LogP contribution in [0.25, 0.3) is 0 Å². The van der Waals surface area contributed by atoms with Crippen LogP contribution in [0.4, 0.5) is 0 Å². The molecule has 0 aromatic carbocycles. The first-order valence-corrected chi connectivity index (χ1v) is 12.0. The second-order valence-electron chi connectivity index (χ2n) is 7.88. The number of carbonyl (C=O) groups excluding carboxylic acids is 3. The van der Waals surface area contributed by atoms with Crippen molar-refractivity contribution in [1.82, 2.24) is 0 Å². The molecule has 1 N–H and O–H groups in total. The van der Waals surface area contributed by atoms with Crippen LogP contribution >= 0.6 is 0 Å². The number of carbonyl (C=O) groups is 4. The molecule has 0 bridgehead atoms. The van der Waals surface area contributed by atoms with Crippen LogP contribution < -0.4 is 0 Å². The van der Waals surface area contributed by atoms with Crippen LogP contribution in [0.15, 0.2) is 49.1 Å². The Morgan fingerprint density at radius 3 is 1.58 bits per heavy atom. The Balaban J connectivity index is -0.000000199. The van der Waals surface area contributed by atoms with Crippen LogP contribution in [0.5, 0.6) is 0 Å². The molecule has 0 amide bonds. The second kappa shape index (κ2) is 28.1. The largest absolute Gasteiger partial charge is 0.478 e. The summed E-state index contributed by atoms with van der Waals surface area (Å²) >= 11 is 0. The molecule has 1 unspecified atom stereocenters. The molecule has 0 saturated heterocycles. The number of hydrogen-bond donors (Lipinski definition) is 1. The SMILES string of the molecule is C=C(C)C(=O)O.C=C(C)C(=O)OC.C=C(C)C(=O)OCCCC.C=CC(=O)OCC(CC)CCCC. The lowest BCUT2D eigenvalue weighted by molar-refractivity contribution is -0.140. The lowest BCUT2D eigenvalue weighted by Gasteiger charge is -2.13.